The smallest absolute Gasteiger partial charge is 0.174 e. The number of hydrogen-bond donors (Lipinski definition) is 1. The van der Waals surface area contributed by atoms with E-state index < -0.39 is 0 Å². The molecule has 2 aliphatic rings. The number of rotatable bonds is 5. The highest BCUT2D eigenvalue weighted by molar-refractivity contribution is 7.80. The van der Waals surface area contributed by atoms with Gasteiger partial charge in [-0.25, -0.2) is 4.98 Å². The molecule has 5 heterocycles. The molecule has 0 unspecified atom stereocenters. The first-order chi connectivity index (χ1) is 17.7. The molecule has 6 rings (SSSR count). The van der Waals surface area contributed by atoms with Crippen LogP contribution in [-0.2, 0) is 4.74 Å². The van der Waals surface area contributed by atoms with Crippen molar-refractivity contribution in [1.82, 2.24) is 19.9 Å². The van der Waals surface area contributed by atoms with Gasteiger partial charge in [0.1, 0.15) is 11.9 Å². The number of morpholine rings is 1. The molecule has 1 N–H and O–H groups in total. The van der Waals surface area contributed by atoms with Gasteiger partial charge in [-0.15, -0.1) is 0 Å². The van der Waals surface area contributed by atoms with Gasteiger partial charge in [0, 0.05) is 48.7 Å². The lowest BCUT2D eigenvalue weighted by atomic mass is 10.0. The minimum atomic E-state index is -0.144. The number of aromatic nitrogens is 3. The van der Waals surface area contributed by atoms with Gasteiger partial charge in [-0.1, -0.05) is 17.7 Å². The molecule has 0 spiro atoms. The highest BCUT2D eigenvalue weighted by Gasteiger charge is 2.42. The van der Waals surface area contributed by atoms with E-state index in [9.17, 15) is 0 Å². The number of ether oxygens (including phenoxy) is 1. The first-order valence-corrected chi connectivity index (χ1v) is 12.7. The SMILES string of the molecule is S=C1N[C@@H](c2ccccn2)[C@H](c2cccn2-c2ccc(Cl)cn2)N1c1ccc(N2CCOCC2)cc1. The molecular weight excluding hydrogens is 492 g/mol. The van der Waals surface area contributed by atoms with Crippen molar-refractivity contribution in [2.75, 3.05) is 36.1 Å². The zero-order valence-electron chi connectivity index (χ0n) is 19.5. The Labute approximate surface area is 220 Å². The average molecular weight is 517 g/mol. The fourth-order valence-corrected chi connectivity index (χ4v) is 5.39. The van der Waals surface area contributed by atoms with Crippen molar-refractivity contribution in [2.24, 2.45) is 0 Å². The Morgan fingerprint density at radius 2 is 1.72 bits per heavy atom. The van der Waals surface area contributed by atoms with E-state index in [2.05, 4.69) is 60.0 Å². The Morgan fingerprint density at radius 3 is 2.44 bits per heavy atom. The van der Waals surface area contributed by atoms with Crippen LogP contribution in [0.1, 0.15) is 23.5 Å². The van der Waals surface area contributed by atoms with Gasteiger partial charge in [0.2, 0.25) is 0 Å². The monoisotopic (exact) mass is 516 g/mol. The van der Waals surface area contributed by atoms with E-state index in [4.69, 9.17) is 28.6 Å². The van der Waals surface area contributed by atoms with Gasteiger partial charge < -0.3 is 24.4 Å². The molecule has 2 fully saturated rings. The van der Waals surface area contributed by atoms with Crippen LogP contribution in [0, 0.1) is 0 Å². The zero-order chi connectivity index (χ0) is 24.5. The lowest BCUT2D eigenvalue weighted by Gasteiger charge is -2.31. The van der Waals surface area contributed by atoms with Crippen LogP contribution in [-0.4, -0.2) is 46.0 Å². The summed E-state index contributed by atoms with van der Waals surface area (Å²) in [7, 11) is 0. The van der Waals surface area contributed by atoms with Crippen LogP contribution in [0.15, 0.2) is 85.3 Å². The predicted molar refractivity (Wildman–Crippen MR) is 146 cm³/mol. The maximum Gasteiger partial charge on any atom is 0.174 e. The van der Waals surface area contributed by atoms with Crippen molar-refractivity contribution in [3.63, 3.8) is 0 Å². The van der Waals surface area contributed by atoms with Gasteiger partial charge in [0.25, 0.3) is 0 Å². The minimum absolute atomic E-state index is 0.140. The Hall–Kier alpha value is -3.46. The summed E-state index contributed by atoms with van der Waals surface area (Å²) in [5.41, 5.74) is 4.18. The molecule has 0 saturated carbocycles. The minimum Gasteiger partial charge on any atom is -0.378 e. The second kappa shape index (κ2) is 9.89. The summed E-state index contributed by atoms with van der Waals surface area (Å²) in [5.74, 6) is 0.791. The van der Waals surface area contributed by atoms with Crippen molar-refractivity contribution in [3.05, 3.63) is 102 Å². The van der Waals surface area contributed by atoms with E-state index in [1.165, 1.54) is 5.69 Å². The molecule has 0 radical (unpaired) electrons. The standard InChI is InChI=1S/C27H25ClN6OS/c28-19-6-11-24(30-18-19)33-13-3-5-23(33)26-25(22-4-1-2-12-29-22)31-27(36)34(26)21-9-7-20(8-10-21)32-14-16-35-17-15-32/h1-13,18,25-26H,14-17H2,(H,31,36)/t25-,26-/m0/s1. The maximum atomic E-state index is 6.11. The van der Waals surface area contributed by atoms with Gasteiger partial charge in [0.15, 0.2) is 5.11 Å². The fourth-order valence-electron chi connectivity index (χ4n) is 4.93. The second-order valence-corrected chi connectivity index (χ2v) is 9.57. The number of benzene rings is 1. The fraction of sp³-hybridized carbons (Fsp3) is 0.222. The lowest BCUT2D eigenvalue weighted by molar-refractivity contribution is 0.122. The Balaban J connectivity index is 1.41. The highest BCUT2D eigenvalue weighted by Crippen LogP contribution is 2.42. The van der Waals surface area contributed by atoms with Gasteiger partial charge >= 0.3 is 0 Å². The largest absolute Gasteiger partial charge is 0.378 e. The van der Waals surface area contributed by atoms with Gasteiger partial charge in [0.05, 0.1) is 30.0 Å². The number of nitrogens with zero attached hydrogens (tertiary/aromatic N) is 5. The molecule has 9 heteroatoms. The van der Waals surface area contributed by atoms with Crippen molar-refractivity contribution >= 4 is 40.3 Å². The molecule has 4 aromatic rings. The summed E-state index contributed by atoms with van der Waals surface area (Å²) in [6, 6.07) is 22.2. The molecule has 36 heavy (non-hydrogen) atoms. The third-order valence-corrected chi connectivity index (χ3v) is 7.18. The zero-order valence-corrected chi connectivity index (χ0v) is 21.1. The summed E-state index contributed by atoms with van der Waals surface area (Å²) in [6.07, 6.45) is 5.50. The van der Waals surface area contributed by atoms with Gasteiger partial charge in [-0.05, 0) is 72.9 Å². The Morgan fingerprint density at radius 1 is 0.917 bits per heavy atom. The van der Waals surface area contributed by atoms with E-state index in [0.29, 0.717) is 10.1 Å². The molecule has 2 saturated heterocycles. The first-order valence-electron chi connectivity index (χ1n) is 11.9. The highest BCUT2D eigenvalue weighted by atomic mass is 35.5. The molecule has 1 aromatic carbocycles. The van der Waals surface area contributed by atoms with Crippen molar-refractivity contribution < 1.29 is 4.74 Å². The summed E-state index contributed by atoms with van der Waals surface area (Å²) in [4.78, 5) is 13.7. The topological polar surface area (TPSA) is 58.5 Å². The number of halogens is 1. The molecule has 0 aliphatic carbocycles. The molecule has 2 aliphatic heterocycles. The van der Waals surface area contributed by atoms with Crippen molar-refractivity contribution in [1.29, 1.82) is 0 Å². The summed E-state index contributed by atoms with van der Waals surface area (Å²) in [5, 5.41) is 4.80. The third-order valence-electron chi connectivity index (χ3n) is 6.64. The van der Waals surface area contributed by atoms with Crippen LogP contribution in [0.25, 0.3) is 5.82 Å². The van der Waals surface area contributed by atoms with Crippen molar-refractivity contribution in [2.45, 2.75) is 12.1 Å². The van der Waals surface area contributed by atoms with Gasteiger partial charge in [-0.3, -0.25) is 4.98 Å². The van der Waals surface area contributed by atoms with E-state index >= 15 is 0 Å². The van der Waals surface area contributed by atoms with Crippen LogP contribution < -0.4 is 15.1 Å². The Bertz CT molecular complexity index is 1340. The lowest BCUT2D eigenvalue weighted by Crippen LogP contribution is -2.36. The molecule has 2 atom stereocenters. The molecule has 0 bridgehead atoms. The number of thiocarbonyl (C=S) groups is 1. The maximum absolute atomic E-state index is 6.11. The Kier molecular flexibility index (Phi) is 6.31. The van der Waals surface area contributed by atoms with Crippen LogP contribution in [0.5, 0.6) is 0 Å². The van der Waals surface area contributed by atoms with E-state index in [-0.39, 0.29) is 12.1 Å². The summed E-state index contributed by atoms with van der Waals surface area (Å²) >= 11 is 12.0. The first kappa shape index (κ1) is 23.0. The number of pyridine rings is 2. The second-order valence-electron chi connectivity index (χ2n) is 8.75. The molecule has 3 aromatic heterocycles. The van der Waals surface area contributed by atoms with Crippen LogP contribution >= 0.6 is 23.8 Å². The number of hydrogen-bond acceptors (Lipinski definition) is 5. The van der Waals surface area contributed by atoms with Gasteiger partial charge in [-0.2, -0.15) is 0 Å². The van der Waals surface area contributed by atoms with E-state index in [1.54, 1.807) is 6.20 Å². The van der Waals surface area contributed by atoms with Crippen LogP contribution in [0.4, 0.5) is 11.4 Å². The van der Waals surface area contributed by atoms with Crippen LogP contribution in [0.2, 0.25) is 5.02 Å². The van der Waals surface area contributed by atoms with E-state index in [1.807, 2.05) is 48.8 Å². The van der Waals surface area contributed by atoms with Crippen LogP contribution in [0.3, 0.4) is 0 Å². The molecule has 182 valence electrons. The summed E-state index contributed by atoms with van der Waals surface area (Å²) in [6.45, 7) is 3.31. The predicted octanol–water partition coefficient (Wildman–Crippen LogP) is 4.93. The molecular formula is C27H25ClN6OS. The number of anilines is 2. The molecule has 7 nitrogen and oxygen atoms in total. The third kappa shape index (κ3) is 4.32. The quantitative estimate of drug-likeness (QED) is 0.377. The number of nitrogens with one attached hydrogen (secondary N) is 1. The van der Waals surface area contributed by atoms with Crippen molar-refractivity contribution in [3.8, 4) is 5.82 Å². The normalized spacial score (nSPS) is 20.0. The molecule has 0 amide bonds. The van der Waals surface area contributed by atoms with E-state index in [0.717, 1.165) is 49.2 Å². The summed E-state index contributed by atoms with van der Waals surface area (Å²) < 4.78 is 7.59. The average Bonchev–Trinajstić information content (AvgIpc) is 3.54.